The molecule has 222 valence electrons. The van der Waals surface area contributed by atoms with Gasteiger partial charge in [-0.3, -0.25) is 4.79 Å². The fourth-order valence-electron chi connectivity index (χ4n) is 4.69. The molecule has 0 radical (unpaired) electrons. The van der Waals surface area contributed by atoms with Crippen molar-refractivity contribution in [1.29, 1.82) is 21.0 Å². The van der Waals surface area contributed by atoms with Gasteiger partial charge in [-0.25, -0.2) is 0 Å². The summed E-state index contributed by atoms with van der Waals surface area (Å²) in [5.74, 6) is -0.320. The standard InChI is InChI=1S/C36H29N5O3S/c1-36(2,3)35(43)44-23-41(16-17-42)27-11-8-24(9-12-27)10-13-28-14-15-29(45-28)18-32-33(25(19-37)20-38)30-6-4-5-7-31(30)34(32)26(21-39)22-40/h4-15,18,42H,16-17,23H2,1-3H3/b13-10+. The second kappa shape index (κ2) is 14.2. The van der Waals surface area contributed by atoms with Crippen LogP contribution in [0.5, 0.6) is 0 Å². The molecule has 1 heterocycles. The van der Waals surface area contributed by atoms with Gasteiger partial charge in [-0.1, -0.05) is 42.5 Å². The Kier molecular flexibility index (Phi) is 10.1. The van der Waals surface area contributed by atoms with Crippen molar-refractivity contribution >= 4 is 52.4 Å². The van der Waals surface area contributed by atoms with Crippen molar-refractivity contribution in [3.63, 3.8) is 0 Å². The Balaban J connectivity index is 1.61. The lowest BCUT2D eigenvalue weighted by Crippen LogP contribution is -2.33. The maximum atomic E-state index is 12.2. The van der Waals surface area contributed by atoms with E-state index in [2.05, 4.69) is 0 Å². The highest BCUT2D eigenvalue weighted by molar-refractivity contribution is 7.13. The summed E-state index contributed by atoms with van der Waals surface area (Å²) in [5.41, 5.74) is 3.49. The Morgan fingerprint density at radius 3 is 1.91 bits per heavy atom. The number of benzene rings is 2. The molecule has 0 saturated heterocycles. The molecule has 0 aliphatic heterocycles. The second-order valence-electron chi connectivity index (χ2n) is 11.0. The van der Waals surface area contributed by atoms with Gasteiger partial charge in [0.15, 0.2) is 6.73 Å². The molecular weight excluding hydrogens is 582 g/mol. The third kappa shape index (κ3) is 7.27. The fourth-order valence-corrected chi connectivity index (χ4v) is 5.54. The lowest BCUT2D eigenvalue weighted by atomic mass is 9.96. The van der Waals surface area contributed by atoms with Crippen LogP contribution in [0, 0.1) is 50.7 Å². The minimum absolute atomic E-state index is 0.0344. The van der Waals surface area contributed by atoms with E-state index in [-0.39, 0.29) is 30.5 Å². The molecule has 0 spiro atoms. The normalized spacial score (nSPS) is 12.0. The molecule has 4 rings (SSSR count). The van der Waals surface area contributed by atoms with Crippen LogP contribution in [0.15, 0.2) is 77.4 Å². The molecule has 0 saturated carbocycles. The number of nitrogens with zero attached hydrogens (tertiary/aromatic N) is 5. The first-order valence-electron chi connectivity index (χ1n) is 14.0. The first kappa shape index (κ1) is 32.2. The summed E-state index contributed by atoms with van der Waals surface area (Å²) in [5, 5.41) is 48.4. The number of carbonyl (C=O) groups excluding carboxylic acids is 1. The number of ether oxygens (including phenoxy) is 1. The maximum absolute atomic E-state index is 12.2. The lowest BCUT2D eigenvalue weighted by molar-refractivity contribution is -0.152. The van der Waals surface area contributed by atoms with E-state index >= 15 is 0 Å². The predicted molar refractivity (Wildman–Crippen MR) is 175 cm³/mol. The van der Waals surface area contributed by atoms with E-state index < -0.39 is 5.41 Å². The van der Waals surface area contributed by atoms with Crippen LogP contribution in [0.25, 0.3) is 29.4 Å². The third-order valence-corrected chi connectivity index (χ3v) is 7.92. The molecule has 1 aliphatic rings. The largest absolute Gasteiger partial charge is 0.444 e. The summed E-state index contributed by atoms with van der Waals surface area (Å²) in [4.78, 5) is 15.7. The smallest absolute Gasteiger partial charge is 0.312 e. The van der Waals surface area contributed by atoms with Crippen molar-refractivity contribution in [2.75, 3.05) is 24.8 Å². The molecule has 0 bridgehead atoms. The Bertz CT molecular complexity index is 1810. The van der Waals surface area contributed by atoms with Gasteiger partial charge in [0.05, 0.1) is 12.0 Å². The predicted octanol–water partition coefficient (Wildman–Crippen LogP) is 6.96. The van der Waals surface area contributed by atoms with Gasteiger partial charge in [0.2, 0.25) is 0 Å². The molecule has 1 aromatic heterocycles. The Morgan fingerprint density at radius 2 is 1.40 bits per heavy atom. The number of rotatable bonds is 8. The zero-order chi connectivity index (χ0) is 32.6. The second-order valence-corrected chi connectivity index (χ2v) is 12.2. The minimum Gasteiger partial charge on any atom is -0.444 e. The van der Waals surface area contributed by atoms with Crippen LogP contribution >= 0.6 is 11.3 Å². The first-order valence-corrected chi connectivity index (χ1v) is 14.8. The summed E-state index contributed by atoms with van der Waals surface area (Å²) in [6, 6.07) is 26.5. The van der Waals surface area contributed by atoms with Crippen molar-refractivity contribution < 1.29 is 14.6 Å². The third-order valence-electron chi connectivity index (χ3n) is 6.92. The van der Waals surface area contributed by atoms with Crippen LogP contribution in [0.1, 0.15) is 47.2 Å². The molecule has 9 heteroatoms. The van der Waals surface area contributed by atoms with Crippen LogP contribution in [-0.2, 0) is 9.53 Å². The molecule has 0 amide bonds. The molecule has 2 aromatic carbocycles. The van der Waals surface area contributed by atoms with Crippen molar-refractivity contribution in [1.82, 2.24) is 0 Å². The van der Waals surface area contributed by atoms with E-state index in [0.29, 0.717) is 34.4 Å². The number of allylic oxidation sites excluding steroid dienone is 5. The number of esters is 1. The SMILES string of the molecule is CC(C)(C)C(=O)OCN(CCO)c1ccc(/C=C/c2ccc(C=C3C(=C(C#N)C#N)c4ccccc4C3=C(C#N)C#N)s2)cc1. The van der Waals surface area contributed by atoms with E-state index in [1.54, 1.807) is 49.9 Å². The molecular formula is C36H29N5O3S. The number of hydrogen-bond acceptors (Lipinski definition) is 9. The molecule has 3 aromatic rings. The average molecular weight is 612 g/mol. The number of aliphatic hydroxyl groups excluding tert-OH is 1. The van der Waals surface area contributed by atoms with Crippen LogP contribution in [-0.4, -0.2) is 31.0 Å². The van der Waals surface area contributed by atoms with Gasteiger partial charge in [0, 0.05) is 33.1 Å². The van der Waals surface area contributed by atoms with E-state index in [4.69, 9.17) is 4.74 Å². The molecule has 45 heavy (non-hydrogen) atoms. The summed E-state index contributed by atoms with van der Waals surface area (Å²) in [6.07, 6.45) is 5.73. The Hall–Kier alpha value is -5.71. The molecule has 1 aliphatic carbocycles. The fraction of sp³-hybridized carbons (Fsp3) is 0.194. The number of nitriles is 4. The summed E-state index contributed by atoms with van der Waals surface area (Å²) in [7, 11) is 0. The minimum atomic E-state index is -0.621. The van der Waals surface area contributed by atoms with Crippen molar-refractivity contribution in [2.24, 2.45) is 5.41 Å². The highest BCUT2D eigenvalue weighted by atomic mass is 32.1. The van der Waals surface area contributed by atoms with E-state index in [0.717, 1.165) is 21.0 Å². The van der Waals surface area contributed by atoms with Gasteiger partial charge in [-0.2, -0.15) is 21.0 Å². The number of aliphatic hydroxyl groups is 1. The van der Waals surface area contributed by atoms with E-state index in [9.17, 15) is 30.9 Å². The number of fused-ring (bicyclic) bond motifs is 1. The number of carbonyl (C=O) groups is 1. The molecule has 0 fully saturated rings. The summed E-state index contributed by atoms with van der Waals surface area (Å²) in [6.45, 7) is 5.62. The topological polar surface area (TPSA) is 145 Å². The quantitative estimate of drug-likeness (QED) is 0.163. The summed E-state index contributed by atoms with van der Waals surface area (Å²) >= 11 is 1.48. The van der Waals surface area contributed by atoms with Gasteiger partial charge < -0.3 is 14.7 Å². The van der Waals surface area contributed by atoms with E-state index in [1.807, 2.05) is 78.9 Å². The monoisotopic (exact) mass is 611 g/mol. The van der Waals surface area contributed by atoms with E-state index in [1.165, 1.54) is 11.3 Å². The molecule has 0 atom stereocenters. The number of hydrogen-bond donors (Lipinski definition) is 1. The summed E-state index contributed by atoms with van der Waals surface area (Å²) < 4.78 is 5.43. The van der Waals surface area contributed by atoms with Crippen LogP contribution in [0.4, 0.5) is 5.69 Å². The first-order chi connectivity index (χ1) is 21.6. The Labute approximate surface area is 266 Å². The van der Waals surface area contributed by atoms with Crippen molar-refractivity contribution in [2.45, 2.75) is 20.8 Å². The number of thiophene rings is 1. The Morgan fingerprint density at radius 1 is 0.844 bits per heavy atom. The van der Waals surface area contributed by atoms with Gasteiger partial charge in [0.1, 0.15) is 35.4 Å². The number of anilines is 1. The lowest BCUT2D eigenvalue weighted by Gasteiger charge is -2.25. The van der Waals surface area contributed by atoms with Crippen LogP contribution in [0.3, 0.4) is 0 Å². The van der Waals surface area contributed by atoms with Gasteiger partial charge in [0.25, 0.3) is 0 Å². The van der Waals surface area contributed by atoms with Gasteiger partial charge >= 0.3 is 5.97 Å². The highest BCUT2D eigenvalue weighted by Crippen LogP contribution is 2.48. The van der Waals surface area contributed by atoms with Crippen molar-refractivity contribution in [3.8, 4) is 24.3 Å². The maximum Gasteiger partial charge on any atom is 0.312 e. The highest BCUT2D eigenvalue weighted by Gasteiger charge is 2.32. The van der Waals surface area contributed by atoms with Crippen molar-refractivity contribution in [3.05, 3.63) is 104 Å². The molecule has 8 nitrogen and oxygen atoms in total. The molecule has 1 N–H and O–H groups in total. The zero-order valence-electron chi connectivity index (χ0n) is 25.0. The van der Waals surface area contributed by atoms with Crippen LogP contribution in [0.2, 0.25) is 0 Å². The molecule has 0 unspecified atom stereocenters. The van der Waals surface area contributed by atoms with Crippen LogP contribution < -0.4 is 4.90 Å². The van der Waals surface area contributed by atoms with Gasteiger partial charge in [-0.05, 0) is 79.5 Å². The zero-order valence-corrected chi connectivity index (χ0v) is 25.9. The average Bonchev–Trinajstić information content (AvgIpc) is 3.62. The van der Waals surface area contributed by atoms with Gasteiger partial charge in [-0.15, -0.1) is 11.3 Å².